The van der Waals surface area contributed by atoms with Gasteiger partial charge in [0.05, 0.1) is 6.10 Å². The third-order valence-corrected chi connectivity index (χ3v) is 4.28. The Labute approximate surface area is 97.6 Å². The molecule has 16 heavy (non-hydrogen) atoms. The first-order valence-corrected chi connectivity index (χ1v) is 6.30. The number of ketones is 1. The average molecular weight is 225 g/mol. The molecule has 0 amide bonds. The van der Waals surface area contributed by atoms with Crippen LogP contribution in [0.25, 0.3) is 0 Å². The summed E-state index contributed by atoms with van der Waals surface area (Å²) in [6.07, 6.45) is 2.03. The summed E-state index contributed by atoms with van der Waals surface area (Å²) in [7, 11) is 0. The van der Waals surface area contributed by atoms with Crippen LogP contribution in [0.5, 0.6) is 0 Å². The lowest BCUT2D eigenvalue weighted by Gasteiger charge is -2.34. The molecular formula is C13H23NO2. The summed E-state index contributed by atoms with van der Waals surface area (Å²) in [5, 5.41) is 13.5. The van der Waals surface area contributed by atoms with E-state index < -0.39 is 6.10 Å². The number of aliphatic hydroxyl groups excluding tert-OH is 1. The summed E-state index contributed by atoms with van der Waals surface area (Å²) in [6.45, 7) is 7.99. The molecule has 1 aliphatic carbocycles. The van der Waals surface area contributed by atoms with Gasteiger partial charge in [-0.2, -0.15) is 0 Å². The zero-order chi connectivity index (χ0) is 12.0. The highest BCUT2D eigenvalue weighted by Crippen LogP contribution is 2.50. The van der Waals surface area contributed by atoms with Crippen molar-refractivity contribution in [1.82, 2.24) is 5.32 Å². The van der Waals surface area contributed by atoms with Crippen molar-refractivity contribution in [2.24, 2.45) is 16.7 Å². The van der Waals surface area contributed by atoms with Gasteiger partial charge < -0.3 is 10.4 Å². The molecule has 3 nitrogen and oxygen atoms in total. The summed E-state index contributed by atoms with van der Waals surface area (Å²) in [4.78, 5) is 12.6. The first-order valence-electron chi connectivity index (χ1n) is 6.30. The standard InChI is InChI=1S/C13H23NO2/c1-12(2,3)10-9(15)8-13(11(10)16)4-6-14-7-5-13/h9-10,14-15H,4-8H2,1-3H3/t9?,10-/m1/s1. The summed E-state index contributed by atoms with van der Waals surface area (Å²) in [5.41, 5.74) is -0.340. The Morgan fingerprint density at radius 1 is 1.31 bits per heavy atom. The van der Waals surface area contributed by atoms with Gasteiger partial charge in [-0.1, -0.05) is 20.8 Å². The minimum absolute atomic E-state index is 0.120. The average Bonchev–Trinajstić information content (AvgIpc) is 2.38. The molecule has 1 saturated carbocycles. The van der Waals surface area contributed by atoms with Crippen LogP contribution >= 0.6 is 0 Å². The maximum atomic E-state index is 12.6. The second kappa shape index (κ2) is 3.81. The number of hydrogen-bond acceptors (Lipinski definition) is 3. The van der Waals surface area contributed by atoms with Gasteiger partial charge >= 0.3 is 0 Å². The maximum absolute atomic E-state index is 12.6. The molecular weight excluding hydrogens is 202 g/mol. The number of hydrogen-bond donors (Lipinski definition) is 2. The molecule has 1 unspecified atom stereocenters. The van der Waals surface area contributed by atoms with Gasteiger partial charge in [-0.15, -0.1) is 0 Å². The van der Waals surface area contributed by atoms with Crippen LogP contribution in [0.3, 0.4) is 0 Å². The van der Waals surface area contributed by atoms with E-state index in [1.54, 1.807) is 0 Å². The molecule has 2 fully saturated rings. The van der Waals surface area contributed by atoms with Crippen molar-refractivity contribution in [2.75, 3.05) is 13.1 Å². The first kappa shape index (κ1) is 12.1. The molecule has 0 aromatic heterocycles. The van der Waals surface area contributed by atoms with Gasteiger partial charge in [0.15, 0.2) is 0 Å². The zero-order valence-corrected chi connectivity index (χ0v) is 10.5. The zero-order valence-electron chi connectivity index (χ0n) is 10.5. The van der Waals surface area contributed by atoms with Crippen molar-refractivity contribution in [3.05, 3.63) is 0 Å². The summed E-state index contributed by atoms with van der Waals surface area (Å²) >= 11 is 0. The SMILES string of the molecule is CC(C)(C)[C@H]1C(=O)C2(CCNCC2)CC1O. The van der Waals surface area contributed by atoms with Gasteiger partial charge in [0, 0.05) is 11.3 Å². The molecule has 2 N–H and O–H groups in total. The Bertz CT molecular complexity index is 287. The molecule has 0 aromatic rings. The minimum Gasteiger partial charge on any atom is -0.392 e. The smallest absolute Gasteiger partial charge is 0.145 e. The monoisotopic (exact) mass is 225 g/mol. The fraction of sp³-hybridized carbons (Fsp3) is 0.923. The predicted octanol–water partition coefficient (Wildman–Crippen LogP) is 1.35. The molecule has 1 saturated heterocycles. The Kier molecular flexibility index (Phi) is 2.87. The topological polar surface area (TPSA) is 49.3 Å². The molecule has 1 heterocycles. The number of Topliss-reactive ketones (excluding diaryl/α,β-unsaturated/α-hetero) is 1. The molecule has 0 aromatic carbocycles. The number of carbonyl (C=O) groups is 1. The van der Waals surface area contributed by atoms with Crippen LogP contribution in [-0.4, -0.2) is 30.1 Å². The van der Waals surface area contributed by atoms with Gasteiger partial charge in [0.25, 0.3) is 0 Å². The van der Waals surface area contributed by atoms with Gasteiger partial charge in [-0.05, 0) is 37.8 Å². The lowest BCUT2D eigenvalue weighted by molar-refractivity contribution is -0.133. The van der Waals surface area contributed by atoms with Crippen LogP contribution in [0.4, 0.5) is 0 Å². The molecule has 1 spiro atoms. The maximum Gasteiger partial charge on any atom is 0.145 e. The summed E-state index contributed by atoms with van der Waals surface area (Å²) < 4.78 is 0. The lowest BCUT2D eigenvalue weighted by Crippen LogP contribution is -2.42. The van der Waals surface area contributed by atoms with Crippen molar-refractivity contribution in [3.8, 4) is 0 Å². The van der Waals surface area contributed by atoms with Crippen molar-refractivity contribution >= 4 is 5.78 Å². The molecule has 2 aliphatic rings. The number of aliphatic hydroxyl groups is 1. The van der Waals surface area contributed by atoms with Crippen molar-refractivity contribution in [2.45, 2.75) is 46.1 Å². The highest BCUT2D eigenvalue weighted by Gasteiger charge is 2.55. The molecule has 2 rings (SSSR count). The number of carbonyl (C=O) groups excluding carboxylic acids is 1. The van der Waals surface area contributed by atoms with Crippen LogP contribution in [0.1, 0.15) is 40.0 Å². The summed E-state index contributed by atoms with van der Waals surface area (Å²) in [6, 6.07) is 0. The fourth-order valence-electron chi connectivity index (χ4n) is 3.45. The molecule has 2 atom stereocenters. The molecule has 92 valence electrons. The normalized spacial score (nSPS) is 34.6. The lowest BCUT2D eigenvalue weighted by atomic mass is 9.72. The Hall–Kier alpha value is -0.410. The van der Waals surface area contributed by atoms with Gasteiger partial charge in [-0.3, -0.25) is 4.79 Å². The van der Waals surface area contributed by atoms with Crippen LogP contribution in [-0.2, 0) is 4.79 Å². The van der Waals surface area contributed by atoms with E-state index in [9.17, 15) is 9.90 Å². The van der Waals surface area contributed by atoms with Crippen molar-refractivity contribution in [1.29, 1.82) is 0 Å². The van der Waals surface area contributed by atoms with Gasteiger partial charge in [0.1, 0.15) is 5.78 Å². The highest BCUT2D eigenvalue weighted by molar-refractivity contribution is 5.90. The predicted molar refractivity (Wildman–Crippen MR) is 63.1 cm³/mol. The fourth-order valence-corrected chi connectivity index (χ4v) is 3.45. The molecule has 0 bridgehead atoms. The quantitative estimate of drug-likeness (QED) is 0.654. The first-order chi connectivity index (χ1) is 7.37. The third-order valence-electron chi connectivity index (χ3n) is 4.28. The van der Waals surface area contributed by atoms with Crippen LogP contribution in [0, 0.1) is 16.7 Å². The number of piperidine rings is 1. The Balaban J connectivity index is 2.24. The van der Waals surface area contributed by atoms with Gasteiger partial charge in [0.2, 0.25) is 0 Å². The Morgan fingerprint density at radius 3 is 2.31 bits per heavy atom. The largest absolute Gasteiger partial charge is 0.392 e. The van der Waals surface area contributed by atoms with E-state index in [4.69, 9.17) is 0 Å². The third kappa shape index (κ3) is 1.80. The van der Waals surface area contributed by atoms with Gasteiger partial charge in [-0.25, -0.2) is 0 Å². The van der Waals surface area contributed by atoms with Crippen LogP contribution < -0.4 is 5.32 Å². The second-order valence-electron chi connectivity index (χ2n) is 6.51. The second-order valence-corrected chi connectivity index (χ2v) is 6.51. The number of nitrogens with one attached hydrogen (secondary N) is 1. The van der Waals surface area contributed by atoms with Crippen LogP contribution in [0.2, 0.25) is 0 Å². The highest BCUT2D eigenvalue weighted by atomic mass is 16.3. The van der Waals surface area contributed by atoms with E-state index in [1.165, 1.54) is 0 Å². The Morgan fingerprint density at radius 2 is 1.88 bits per heavy atom. The van der Waals surface area contributed by atoms with Crippen molar-refractivity contribution in [3.63, 3.8) is 0 Å². The molecule has 1 aliphatic heterocycles. The van der Waals surface area contributed by atoms with Crippen molar-refractivity contribution < 1.29 is 9.90 Å². The van der Waals surface area contributed by atoms with E-state index in [-0.39, 0.29) is 16.7 Å². The van der Waals surface area contributed by atoms with E-state index in [0.29, 0.717) is 12.2 Å². The van der Waals surface area contributed by atoms with E-state index in [2.05, 4.69) is 26.1 Å². The van der Waals surface area contributed by atoms with Crippen LogP contribution in [0.15, 0.2) is 0 Å². The molecule has 3 heteroatoms. The number of rotatable bonds is 0. The summed E-state index contributed by atoms with van der Waals surface area (Å²) in [5.74, 6) is 0.139. The van der Waals surface area contributed by atoms with E-state index >= 15 is 0 Å². The minimum atomic E-state index is -0.439. The van der Waals surface area contributed by atoms with E-state index in [1.807, 2.05) is 0 Å². The van der Waals surface area contributed by atoms with E-state index in [0.717, 1.165) is 25.9 Å². The molecule has 0 radical (unpaired) electrons.